The zero-order valence-electron chi connectivity index (χ0n) is 9.39. The molecule has 7 heteroatoms. The van der Waals surface area contributed by atoms with E-state index in [0.29, 0.717) is 16.5 Å². The van der Waals surface area contributed by atoms with Gasteiger partial charge in [0.1, 0.15) is 10.8 Å². The van der Waals surface area contributed by atoms with Crippen LogP contribution < -0.4 is 10.6 Å². The third kappa shape index (κ3) is 2.76. The maximum absolute atomic E-state index is 11.8. The molecule has 0 atom stereocenters. The van der Waals surface area contributed by atoms with E-state index in [1.807, 2.05) is 6.92 Å². The molecule has 0 bridgehead atoms. The Kier molecular flexibility index (Phi) is 3.29. The van der Waals surface area contributed by atoms with Crippen molar-refractivity contribution >= 4 is 28.2 Å². The molecule has 0 aromatic carbocycles. The van der Waals surface area contributed by atoms with Crippen LogP contribution in [0.25, 0.3) is 0 Å². The van der Waals surface area contributed by atoms with Crippen molar-refractivity contribution in [2.24, 2.45) is 0 Å². The molecule has 1 amide bonds. The fourth-order valence-electron chi connectivity index (χ4n) is 1.19. The van der Waals surface area contributed by atoms with Crippen LogP contribution >= 0.6 is 11.3 Å². The van der Waals surface area contributed by atoms with Gasteiger partial charge in [-0.25, -0.2) is 4.98 Å². The lowest BCUT2D eigenvalue weighted by Gasteiger charge is -2.02. The van der Waals surface area contributed by atoms with Crippen LogP contribution in [0.4, 0.5) is 10.9 Å². The number of carbonyl (C=O) groups excluding carboxylic acids is 1. The number of rotatable bonds is 3. The van der Waals surface area contributed by atoms with Gasteiger partial charge in [-0.15, -0.1) is 10.2 Å². The zero-order valence-corrected chi connectivity index (χ0v) is 10.2. The Bertz CT molecular complexity index is 522. The molecule has 88 valence electrons. The first kappa shape index (κ1) is 11.5. The van der Waals surface area contributed by atoms with E-state index in [0.717, 1.165) is 5.01 Å². The van der Waals surface area contributed by atoms with Crippen molar-refractivity contribution in [3.63, 3.8) is 0 Å². The second-order valence-electron chi connectivity index (χ2n) is 3.26. The molecule has 17 heavy (non-hydrogen) atoms. The number of pyridine rings is 1. The number of hydrogen-bond donors (Lipinski definition) is 2. The molecule has 2 aromatic rings. The molecule has 2 N–H and O–H groups in total. The third-order valence-corrected chi connectivity index (χ3v) is 2.78. The summed E-state index contributed by atoms with van der Waals surface area (Å²) in [6.45, 7) is 1.83. The summed E-state index contributed by atoms with van der Waals surface area (Å²) in [6, 6.07) is 3.43. The summed E-state index contributed by atoms with van der Waals surface area (Å²) in [7, 11) is 1.77. The van der Waals surface area contributed by atoms with E-state index in [9.17, 15) is 4.79 Å². The van der Waals surface area contributed by atoms with Crippen LogP contribution in [-0.4, -0.2) is 28.1 Å². The van der Waals surface area contributed by atoms with E-state index in [2.05, 4.69) is 25.8 Å². The fourth-order valence-corrected chi connectivity index (χ4v) is 1.78. The van der Waals surface area contributed by atoms with Crippen molar-refractivity contribution in [2.45, 2.75) is 6.92 Å². The largest absolute Gasteiger partial charge is 0.373 e. The Morgan fingerprint density at radius 2 is 2.18 bits per heavy atom. The quantitative estimate of drug-likeness (QED) is 0.862. The van der Waals surface area contributed by atoms with Gasteiger partial charge in [0.05, 0.1) is 5.56 Å². The molecule has 0 fully saturated rings. The molecule has 0 spiro atoms. The molecule has 0 saturated heterocycles. The summed E-state index contributed by atoms with van der Waals surface area (Å²) >= 11 is 1.33. The molecule has 0 unspecified atom stereocenters. The molecular weight excluding hydrogens is 238 g/mol. The molecule has 0 radical (unpaired) electrons. The number of nitrogens with one attached hydrogen (secondary N) is 2. The van der Waals surface area contributed by atoms with Crippen LogP contribution in [0.5, 0.6) is 0 Å². The maximum Gasteiger partial charge on any atom is 0.259 e. The van der Waals surface area contributed by atoms with E-state index >= 15 is 0 Å². The molecular formula is C10H11N5OS. The maximum atomic E-state index is 11.8. The number of hydrogen-bond acceptors (Lipinski definition) is 6. The third-order valence-electron chi connectivity index (χ3n) is 2.03. The van der Waals surface area contributed by atoms with Crippen molar-refractivity contribution in [2.75, 3.05) is 17.7 Å². The summed E-state index contributed by atoms with van der Waals surface area (Å²) in [6.07, 6.45) is 1.51. The summed E-state index contributed by atoms with van der Waals surface area (Å²) in [5, 5.41) is 14.5. The molecule has 0 aliphatic carbocycles. The molecule has 2 aromatic heterocycles. The van der Waals surface area contributed by atoms with Gasteiger partial charge in [-0.3, -0.25) is 10.1 Å². The molecule has 0 aliphatic heterocycles. The minimum Gasteiger partial charge on any atom is -0.373 e. The van der Waals surface area contributed by atoms with E-state index < -0.39 is 0 Å². The van der Waals surface area contributed by atoms with Crippen molar-refractivity contribution in [3.8, 4) is 0 Å². The Labute approximate surface area is 102 Å². The summed E-state index contributed by atoms with van der Waals surface area (Å²) in [5.41, 5.74) is 0.483. The lowest BCUT2D eigenvalue weighted by atomic mass is 10.2. The predicted molar refractivity (Wildman–Crippen MR) is 66.4 cm³/mol. The van der Waals surface area contributed by atoms with E-state index in [-0.39, 0.29) is 5.91 Å². The van der Waals surface area contributed by atoms with Crippen LogP contribution in [-0.2, 0) is 0 Å². The highest BCUT2D eigenvalue weighted by Crippen LogP contribution is 2.15. The SMILES string of the molecule is CNc1ccc(C(=O)Nc2nnc(C)s2)cn1. The van der Waals surface area contributed by atoms with Gasteiger partial charge in [0.2, 0.25) is 5.13 Å². The van der Waals surface area contributed by atoms with Crippen molar-refractivity contribution in [1.82, 2.24) is 15.2 Å². The van der Waals surface area contributed by atoms with Crippen molar-refractivity contribution in [3.05, 3.63) is 28.9 Å². The van der Waals surface area contributed by atoms with Crippen LogP contribution in [0, 0.1) is 6.92 Å². The first-order chi connectivity index (χ1) is 8.19. The Morgan fingerprint density at radius 1 is 1.35 bits per heavy atom. The Hall–Kier alpha value is -2.02. The fraction of sp³-hybridized carbons (Fsp3) is 0.200. The highest BCUT2D eigenvalue weighted by Gasteiger charge is 2.09. The smallest absolute Gasteiger partial charge is 0.259 e. The van der Waals surface area contributed by atoms with Crippen molar-refractivity contribution < 1.29 is 4.79 Å². The number of anilines is 2. The minimum absolute atomic E-state index is 0.240. The Balaban J connectivity index is 2.09. The number of carbonyl (C=O) groups is 1. The van der Waals surface area contributed by atoms with Gasteiger partial charge in [-0.05, 0) is 19.1 Å². The Morgan fingerprint density at radius 3 is 2.71 bits per heavy atom. The van der Waals surface area contributed by atoms with Gasteiger partial charge in [0, 0.05) is 13.2 Å². The summed E-state index contributed by atoms with van der Waals surface area (Å²) in [4.78, 5) is 15.9. The zero-order chi connectivity index (χ0) is 12.3. The second kappa shape index (κ2) is 4.88. The van der Waals surface area contributed by atoms with Gasteiger partial charge < -0.3 is 5.32 Å². The first-order valence-electron chi connectivity index (χ1n) is 4.94. The van der Waals surface area contributed by atoms with Gasteiger partial charge in [-0.1, -0.05) is 11.3 Å². The van der Waals surface area contributed by atoms with Gasteiger partial charge >= 0.3 is 0 Å². The number of amides is 1. The number of aryl methyl sites for hydroxylation is 1. The monoisotopic (exact) mass is 249 g/mol. The topological polar surface area (TPSA) is 79.8 Å². The van der Waals surface area contributed by atoms with Crippen molar-refractivity contribution in [1.29, 1.82) is 0 Å². The average Bonchev–Trinajstić information content (AvgIpc) is 2.75. The van der Waals surface area contributed by atoms with Gasteiger partial charge in [-0.2, -0.15) is 0 Å². The normalized spacial score (nSPS) is 10.0. The first-order valence-corrected chi connectivity index (χ1v) is 5.76. The van der Waals surface area contributed by atoms with Crippen LogP contribution in [0.2, 0.25) is 0 Å². The summed E-state index contributed by atoms with van der Waals surface area (Å²) in [5.74, 6) is 0.476. The van der Waals surface area contributed by atoms with E-state index in [1.165, 1.54) is 17.5 Å². The lowest BCUT2D eigenvalue weighted by Crippen LogP contribution is -2.12. The highest BCUT2D eigenvalue weighted by atomic mass is 32.1. The molecule has 2 rings (SSSR count). The molecule has 6 nitrogen and oxygen atoms in total. The second-order valence-corrected chi connectivity index (χ2v) is 4.44. The van der Waals surface area contributed by atoms with Gasteiger partial charge in [0.15, 0.2) is 0 Å². The molecule has 0 aliphatic rings. The van der Waals surface area contributed by atoms with E-state index in [4.69, 9.17) is 0 Å². The van der Waals surface area contributed by atoms with Crippen LogP contribution in [0.3, 0.4) is 0 Å². The average molecular weight is 249 g/mol. The van der Waals surface area contributed by atoms with Crippen LogP contribution in [0.1, 0.15) is 15.4 Å². The lowest BCUT2D eigenvalue weighted by molar-refractivity contribution is 0.102. The standard InChI is InChI=1S/C10H11N5OS/c1-6-14-15-10(17-6)13-9(16)7-3-4-8(11-2)12-5-7/h3-5H,1-2H3,(H,11,12)(H,13,15,16). The van der Waals surface area contributed by atoms with Gasteiger partial charge in [0.25, 0.3) is 5.91 Å². The van der Waals surface area contributed by atoms with E-state index in [1.54, 1.807) is 19.2 Å². The number of aromatic nitrogens is 3. The minimum atomic E-state index is -0.240. The molecule has 0 saturated carbocycles. The highest BCUT2D eigenvalue weighted by molar-refractivity contribution is 7.15. The number of nitrogens with zero attached hydrogens (tertiary/aromatic N) is 3. The predicted octanol–water partition coefficient (Wildman–Crippen LogP) is 1.54. The summed E-state index contributed by atoms with van der Waals surface area (Å²) < 4.78 is 0. The van der Waals surface area contributed by atoms with Crippen LogP contribution in [0.15, 0.2) is 18.3 Å². The molecule has 2 heterocycles.